The van der Waals surface area contributed by atoms with Crippen LogP contribution in [0.1, 0.15) is 65.2 Å². The summed E-state index contributed by atoms with van der Waals surface area (Å²) in [5, 5.41) is 22.0. The van der Waals surface area contributed by atoms with Gasteiger partial charge >= 0.3 is 0 Å². The van der Waals surface area contributed by atoms with Gasteiger partial charge in [0.15, 0.2) is 0 Å². The fourth-order valence-electron chi connectivity index (χ4n) is 5.75. The first-order valence-corrected chi connectivity index (χ1v) is 7.96. The van der Waals surface area contributed by atoms with E-state index >= 15 is 0 Å². The number of hydrogen-bond acceptors (Lipinski definition) is 2. The fraction of sp³-hybridized carbons (Fsp3) is 1.00. The lowest BCUT2D eigenvalue weighted by Gasteiger charge is -2.64. The summed E-state index contributed by atoms with van der Waals surface area (Å²) < 4.78 is 0. The van der Waals surface area contributed by atoms with Crippen molar-refractivity contribution in [2.75, 3.05) is 0 Å². The highest BCUT2D eigenvalue weighted by Gasteiger charge is 2.62. The van der Waals surface area contributed by atoms with E-state index in [1.54, 1.807) is 0 Å². The smallest absolute Gasteiger partial charge is 0.0734 e. The SMILES string of the molecule is CCCC(CC)C1(O)C2CC3CC1CC(O)(C3)C2. The minimum absolute atomic E-state index is 0.366. The topological polar surface area (TPSA) is 40.5 Å². The Kier molecular flexibility index (Phi) is 3.02. The van der Waals surface area contributed by atoms with Gasteiger partial charge in [0.1, 0.15) is 0 Å². The van der Waals surface area contributed by atoms with Crippen LogP contribution in [0.3, 0.4) is 0 Å². The Balaban J connectivity index is 1.89. The van der Waals surface area contributed by atoms with Crippen LogP contribution < -0.4 is 0 Å². The van der Waals surface area contributed by atoms with Gasteiger partial charge in [-0.15, -0.1) is 0 Å². The number of aliphatic hydroxyl groups is 2. The third-order valence-corrected chi connectivity index (χ3v) is 6.25. The maximum atomic E-state index is 11.4. The third-order valence-electron chi connectivity index (χ3n) is 6.25. The Morgan fingerprint density at radius 3 is 2.11 bits per heavy atom. The molecule has 4 rings (SSSR count). The summed E-state index contributed by atoms with van der Waals surface area (Å²) in [5.41, 5.74) is -0.888. The molecule has 2 N–H and O–H groups in total. The molecule has 4 saturated carbocycles. The molecule has 4 aliphatic carbocycles. The van der Waals surface area contributed by atoms with Gasteiger partial charge in [-0.3, -0.25) is 0 Å². The van der Waals surface area contributed by atoms with E-state index in [1.807, 2.05) is 0 Å². The van der Waals surface area contributed by atoms with Crippen LogP contribution in [0.5, 0.6) is 0 Å². The highest BCUT2D eigenvalue weighted by atomic mass is 16.3. The van der Waals surface area contributed by atoms with Gasteiger partial charge < -0.3 is 10.2 Å². The van der Waals surface area contributed by atoms with Gasteiger partial charge in [-0.2, -0.15) is 0 Å². The van der Waals surface area contributed by atoms with Gasteiger partial charge in [0.25, 0.3) is 0 Å². The zero-order valence-electron chi connectivity index (χ0n) is 11.9. The quantitative estimate of drug-likeness (QED) is 0.807. The van der Waals surface area contributed by atoms with Gasteiger partial charge in [0.2, 0.25) is 0 Å². The van der Waals surface area contributed by atoms with E-state index < -0.39 is 11.2 Å². The Morgan fingerprint density at radius 2 is 1.67 bits per heavy atom. The largest absolute Gasteiger partial charge is 0.390 e. The van der Waals surface area contributed by atoms with Crippen molar-refractivity contribution in [1.82, 2.24) is 0 Å². The molecule has 18 heavy (non-hydrogen) atoms. The lowest BCUT2D eigenvalue weighted by atomic mass is 9.45. The van der Waals surface area contributed by atoms with Crippen LogP contribution >= 0.6 is 0 Å². The van der Waals surface area contributed by atoms with E-state index in [4.69, 9.17) is 0 Å². The maximum absolute atomic E-state index is 11.4. The second kappa shape index (κ2) is 4.21. The standard InChI is InChI=1S/C16H28O2/c1-3-5-12(4-2)16(18)13-6-11-7-14(16)10-15(17,8-11)9-13/h11-14,17-18H,3-10H2,1-2H3. The zero-order chi connectivity index (χ0) is 13.0. The first-order valence-electron chi connectivity index (χ1n) is 7.96. The average Bonchev–Trinajstić information content (AvgIpc) is 2.30. The monoisotopic (exact) mass is 252 g/mol. The summed E-state index contributed by atoms with van der Waals surface area (Å²) in [5.74, 6) is 1.86. The second-order valence-electron chi connectivity index (χ2n) is 7.35. The molecule has 0 aromatic heterocycles. The Hall–Kier alpha value is -0.0800. The van der Waals surface area contributed by atoms with Crippen molar-refractivity contribution in [3.63, 3.8) is 0 Å². The van der Waals surface area contributed by atoms with Gasteiger partial charge in [-0.05, 0) is 62.2 Å². The molecule has 0 heterocycles. The van der Waals surface area contributed by atoms with E-state index in [9.17, 15) is 10.2 Å². The molecule has 0 spiro atoms. The predicted octanol–water partition coefficient (Wildman–Crippen LogP) is 3.11. The summed E-state index contributed by atoms with van der Waals surface area (Å²) in [6.07, 6.45) is 8.43. The number of rotatable bonds is 4. The minimum Gasteiger partial charge on any atom is -0.390 e. The highest BCUT2D eigenvalue weighted by Crippen LogP contribution is 2.62. The third kappa shape index (κ3) is 1.68. The van der Waals surface area contributed by atoms with Crippen molar-refractivity contribution in [3.8, 4) is 0 Å². The molecule has 0 amide bonds. The normalized spacial score (nSPS) is 51.7. The van der Waals surface area contributed by atoms with Crippen LogP contribution in [0.25, 0.3) is 0 Å². The lowest BCUT2D eigenvalue weighted by molar-refractivity contribution is -0.247. The fourth-order valence-corrected chi connectivity index (χ4v) is 5.75. The molecule has 4 aliphatic rings. The molecule has 3 atom stereocenters. The summed E-state index contributed by atoms with van der Waals surface area (Å²) >= 11 is 0. The first-order chi connectivity index (χ1) is 8.52. The van der Waals surface area contributed by atoms with Gasteiger partial charge in [0, 0.05) is 0 Å². The molecule has 2 nitrogen and oxygen atoms in total. The average molecular weight is 252 g/mol. The van der Waals surface area contributed by atoms with Crippen LogP contribution in [0.2, 0.25) is 0 Å². The molecule has 0 radical (unpaired) electrons. The second-order valence-corrected chi connectivity index (χ2v) is 7.35. The summed E-state index contributed by atoms with van der Waals surface area (Å²) in [6.45, 7) is 4.44. The van der Waals surface area contributed by atoms with Gasteiger partial charge in [0.05, 0.1) is 11.2 Å². The van der Waals surface area contributed by atoms with E-state index in [0.29, 0.717) is 23.7 Å². The minimum atomic E-state index is -0.464. The molecule has 0 saturated heterocycles. The summed E-state index contributed by atoms with van der Waals surface area (Å²) in [4.78, 5) is 0. The molecule has 3 unspecified atom stereocenters. The van der Waals surface area contributed by atoms with Gasteiger partial charge in [-0.1, -0.05) is 26.7 Å². The van der Waals surface area contributed by atoms with E-state index in [-0.39, 0.29) is 0 Å². The van der Waals surface area contributed by atoms with Crippen molar-refractivity contribution in [2.45, 2.75) is 76.4 Å². The van der Waals surface area contributed by atoms with Crippen molar-refractivity contribution in [1.29, 1.82) is 0 Å². The first kappa shape index (κ1) is 12.9. The van der Waals surface area contributed by atoms with Crippen molar-refractivity contribution in [2.24, 2.45) is 23.7 Å². The summed E-state index contributed by atoms with van der Waals surface area (Å²) in [6, 6.07) is 0. The van der Waals surface area contributed by atoms with Crippen LogP contribution in [0.15, 0.2) is 0 Å². The van der Waals surface area contributed by atoms with E-state index in [0.717, 1.165) is 51.4 Å². The van der Waals surface area contributed by atoms with Crippen LogP contribution in [-0.2, 0) is 0 Å². The molecule has 0 aromatic carbocycles. The van der Waals surface area contributed by atoms with Crippen molar-refractivity contribution in [3.05, 3.63) is 0 Å². The predicted molar refractivity (Wildman–Crippen MR) is 72.1 cm³/mol. The zero-order valence-corrected chi connectivity index (χ0v) is 11.9. The molecule has 4 bridgehead atoms. The van der Waals surface area contributed by atoms with Crippen LogP contribution in [0, 0.1) is 23.7 Å². The molecule has 0 aliphatic heterocycles. The van der Waals surface area contributed by atoms with Crippen molar-refractivity contribution >= 4 is 0 Å². The molecular formula is C16H28O2. The van der Waals surface area contributed by atoms with Gasteiger partial charge in [-0.25, -0.2) is 0 Å². The van der Waals surface area contributed by atoms with Crippen molar-refractivity contribution < 1.29 is 10.2 Å². The van der Waals surface area contributed by atoms with E-state index in [2.05, 4.69) is 13.8 Å². The Labute approximate surface area is 111 Å². The molecule has 0 aromatic rings. The Bertz CT molecular complexity index is 309. The summed E-state index contributed by atoms with van der Waals surface area (Å²) in [7, 11) is 0. The molecule has 104 valence electrons. The lowest BCUT2D eigenvalue weighted by Crippen LogP contribution is -2.66. The van der Waals surface area contributed by atoms with Crippen LogP contribution in [0.4, 0.5) is 0 Å². The van der Waals surface area contributed by atoms with E-state index in [1.165, 1.54) is 0 Å². The maximum Gasteiger partial charge on any atom is 0.0734 e. The number of hydrogen-bond donors (Lipinski definition) is 2. The molecular weight excluding hydrogens is 224 g/mol. The highest BCUT2D eigenvalue weighted by molar-refractivity contribution is 5.13. The van der Waals surface area contributed by atoms with Crippen LogP contribution in [-0.4, -0.2) is 21.4 Å². The Morgan fingerprint density at radius 1 is 1.06 bits per heavy atom. The molecule has 4 fully saturated rings. The molecule has 2 heteroatoms.